The molecule has 0 unspecified atom stereocenters. The van der Waals surface area contributed by atoms with E-state index in [1.54, 1.807) is 37.3 Å². The van der Waals surface area contributed by atoms with Crippen molar-refractivity contribution in [2.24, 2.45) is 0 Å². The van der Waals surface area contributed by atoms with Gasteiger partial charge in [0.25, 0.3) is 5.91 Å². The Balaban J connectivity index is 2.24. The van der Waals surface area contributed by atoms with Crippen molar-refractivity contribution in [1.29, 1.82) is 0 Å². The number of methoxy groups -OCH3 is 2. The standard InChI is InChI=1S/C17H25NO4/c1-17(2)11-12(9-10-22-17)18(3)16(19)13-7-6-8-14(20-4)15(13)21-5/h6-8,12H,9-11H2,1-5H3/t12-/m1/s1. The zero-order valence-electron chi connectivity index (χ0n) is 14.0. The molecule has 0 saturated carbocycles. The van der Waals surface area contributed by atoms with E-state index < -0.39 is 0 Å². The zero-order chi connectivity index (χ0) is 16.3. The predicted octanol–water partition coefficient (Wildman–Crippen LogP) is 2.73. The Morgan fingerprint density at radius 2 is 2.05 bits per heavy atom. The normalized spacial score (nSPS) is 20.3. The van der Waals surface area contributed by atoms with E-state index in [1.807, 2.05) is 7.05 Å². The summed E-state index contributed by atoms with van der Waals surface area (Å²) in [7, 11) is 4.95. The Hall–Kier alpha value is -1.75. The van der Waals surface area contributed by atoms with Gasteiger partial charge in [-0.1, -0.05) is 6.07 Å². The third-order valence-electron chi connectivity index (χ3n) is 4.17. The highest BCUT2D eigenvalue weighted by Crippen LogP contribution is 2.33. The summed E-state index contributed by atoms with van der Waals surface area (Å²) in [5, 5.41) is 0. The second-order valence-electron chi connectivity index (χ2n) is 6.21. The molecule has 0 N–H and O–H groups in total. The minimum absolute atomic E-state index is 0.0570. The Bertz CT molecular complexity index is 541. The molecule has 0 spiro atoms. The van der Waals surface area contributed by atoms with Crippen molar-refractivity contribution in [1.82, 2.24) is 4.90 Å². The maximum Gasteiger partial charge on any atom is 0.257 e. The number of nitrogens with zero attached hydrogens (tertiary/aromatic N) is 1. The summed E-state index contributed by atoms with van der Waals surface area (Å²) >= 11 is 0. The Morgan fingerprint density at radius 1 is 1.32 bits per heavy atom. The van der Waals surface area contributed by atoms with Crippen LogP contribution in [-0.4, -0.2) is 50.3 Å². The molecular formula is C17H25NO4. The van der Waals surface area contributed by atoms with Crippen LogP contribution in [0.4, 0.5) is 0 Å². The highest BCUT2D eigenvalue weighted by atomic mass is 16.5. The number of carbonyl (C=O) groups excluding carboxylic acids is 1. The number of benzene rings is 1. The van der Waals surface area contributed by atoms with Gasteiger partial charge in [0, 0.05) is 19.7 Å². The van der Waals surface area contributed by atoms with Crippen LogP contribution in [0.25, 0.3) is 0 Å². The average Bonchev–Trinajstić information content (AvgIpc) is 2.51. The summed E-state index contributed by atoms with van der Waals surface area (Å²) < 4.78 is 16.4. The molecule has 0 aliphatic carbocycles. The Kier molecular flexibility index (Phi) is 4.96. The summed E-state index contributed by atoms with van der Waals surface area (Å²) in [4.78, 5) is 14.6. The van der Waals surface area contributed by atoms with E-state index in [9.17, 15) is 4.79 Å². The predicted molar refractivity (Wildman–Crippen MR) is 84.7 cm³/mol. The van der Waals surface area contributed by atoms with Crippen molar-refractivity contribution in [3.8, 4) is 11.5 Å². The third kappa shape index (κ3) is 3.35. The molecule has 0 radical (unpaired) electrons. The molecule has 1 aliphatic heterocycles. The summed E-state index contributed by atoms with van der Waals surface area (Å²) in [5.74, 6) is 0.987. The Morgan fingerprint density at radius 3 is 2.64 bits per heavy atom. The molecule has 1 aliphatic rings. The molecule has 5 heteroatoms. The zero-order valence-corrected chi connectivity index (χ0v) is 14.0. The van der Waals surface area contributed by atoms with Crippen LogP contribution in [0.1, 0.15) is 37.0 Å². The highest BCUT2D eigenvalue weighted by molar-refractivity contribution is 5.97. The molecule has 1 aromatic rings. The summed E-state index contributed by atoms with van der Waals surface area (Å²) in [6.07, 6.45) is 1.67. The van der Waals surface area contributed by atoms with Gasteiger partial charge in [-0.3, -0.25) is 4.79 Å². The quantitative estimate of drug-likeness (QED) is 0.858. The lowest BCUT2D eigenvalue weighted by atomic mass is 9.92. The average molecular weight is 307 g/mol. The number of para-hydroxylation sites is 1. The lowest BCUT2D eigenvalue weighted by Gasteiger charge is -2.39. The minimum Gasteiger partial charge on any atom is -0.493 e. The molecule has 122 valence electrons. The first-order valence-corrected chi connectivity index (χ1v) is 7.51. The van der Waals surface area contributed by atoms with E-state index in [4.69, 9.17) is 14.2 Å². The first-order valence-electron chi connectivity index (χ1n) is 7.51. The number of hydrogen-bond acceptors (Lipinski definition) is 4. The van der Waals surface area contributed by atoms with E-state index in [-0.39, 0.29) is 17.6 Å². The SMILES string of the molecule is COc1cccc(C(=O)N(C)[C@@H]2CCOC(C)(C)C2)c1OC. The highest BCUT2D eigenvalue weighted by Gasteiger charge is 2.33. The summed E-state index contributed by atoms with van der Waals surface area (Å²) in [6.45, 7) is 4.79. The van der Waals surface area contributed by atoms with Gasteiger partial charge in [-0.05, 0) is 38.8 Å². The molecule has 1 heterocycles. The van der Waals surface area contributed by atoms with Gasteiger partial charge in [0.1, 0.15) is 0 Å². The van der Waals surface area contributed by atoms with Crippen LogP contribution < -0.4 is 9.47 Å². The van der Waals surface area contributed by atoms with Crippen LogP contribution in [0.15, 0.2) is 18.2 Å². The van der Waals surface area contributed by atoms with Gasteiger partial charge in [0.05, 0.1) is 25.4 Å². The molecule has 2 rings (SSSR count). The van der Waals surface area contributed by atoms with Gasteiger partial charge >= 0.3 is 0 Å². The van der Waals surface area contributed by atoms with Crippen LogP contribution >= 0.6 is 0 Å². The largest absolute Gasteiger partial charge is 0.493 e. The molecular weight excluding hydrogens is 282 g/mol. The Labute approximate surface area is 132 Å². The second-order valence-corrected chi connectivity index (χ2v) is 6.21. The van der Waals surface area contributed by atoms with E-state index in [0.29, 0.717) is 23.7 Å². The first-order chi connectivity index (χ1) is 10.4. The number of ether oxygens (including phenoxy) is 3. The van der Waals surface area contributed by atoms with E-state index >= 15 is 0 Å². The summed E-state index contributed by atoms with van der Waals surface area (Å²) in [5.41, 5.74) is 0.323. The van der Waals surface area contributed by atoms with Gasteiger partial charge in [-0.2, -0.15) is 0 Å². The van der Waals surface area contributed by atoms with Crippen LogP contribution in [0.5, 0.6) is 11.5 Å². The molecule has 0 bridgehead atoms. The van der Waals surface area contributed by atoms with Crippen LogP contribution in [0.2, 0.25) is 0 Å². The van der Waals surface area contributed by atoms with Crippen molar-refractivity contribution in [3.05, 3.63) is 23.8 Å². The minimum atomic E-state index is -0.198. The third-order valence-corrected chi connectivity index (χ3v) is 4.17. The first kappa shape index (κ1) is 16.6. The number of amides is 1. The number of rotatable bonds is 4. The van der Waals surface area contributed by atoms with Gasteiger partial charge < -0.3 is 19.1 Å². The van der Waals surface area contributed by atoms with Crippen LogP contribution in [0, 0.1) is 0 Å². The topological polar surface area (TPSA) is 48.0 Å². The maximum absolute atomic E-state index is 12.9. The molecule has 5 nitrogen and oxygen atoms in total. The molecule has 1 saturated heterocycles. The fourth-order valence-electron chi connectivity index (χ4n) is 2.94. The van der Waals surface area contributed by atoms with Crippen molar-refractivity contribution < 1.29 is 19.0 Å². The van der Waals surface area contributed by atoms with Crippen LogP contribution in [-0.2, 0) is 4.74 Å². The molecule has 22 heavy (non-hydrogen) atoms. The van der Waals surface area contributed by atoms with Gasteiger partial charge in [0.2, 0.25) is 0 Å². The molecule has 1 atom stereocenters. The molecule has 1 amide bonds. The van der Waals surface area contributed by atoms with Crippen molar-refractivity contribution >= 4 is 5.91 Å². The molecule has 0 aromatic heterocycles. The molecule has 1 fully saturated rings. The lowest BCUT2D eigenvalue weighted by Crippen LogP contribution is -2.46. The monoisotopic (exact) mass is 307 g/mol. The second kappa shape index (κ2) is 6.57. The van der Waals surface area contributed by atoms with E-state index in [1.165, 1.54) is 0 Å². The fourth-order valence-corrected chi connectivity index (χ4v) is 2.94. The van der Waals surface area contributed by atoms with Crippen molar-refractivity contribution in [3.63, 3.8) is 0 Å². The maximum atomic E-state index is 12.9. The number of carbonyl (C=O) groups is 1. The van der Waals surface area contributed by atoms with Crippen molar-refractivity contribution in [2.45, 2.75) is 38.3 Å². The lowest BCUT2D eigenvalue weighted by molar-refractivity contribution is -0.0756. The van der Waals surface area contributed by atoms with Gasteiger partial charge in [-0.25, -0.2) is 0 Å². The smallest absolute Gasteiger partial charge is 0.257 e. The van der Waals surface area contributed by atoms with Crippen LogP contribution in [0.3, 0.4) is 0 Å². The fraction of sp³-hybridized carbons (Fsp3) is 0.588. The molecule has 1 aromatic carbocycles. The number of hydrogen-bond donors (Lipinski definition) is 0. The van der Waals surface area contributed by atoms with Gasteiger partial charge in [0.15, 0.2) is 11.5 Å². The van der Waals surface area contributed by atoms with E-state index in [2.05, 4.69) is 13.8 Å². The van der Waals surface area contributed by atoms with Gasteiger partial charge in [-0.15, -0.1) is 0 Å². The van der Waals surface area contributed by atoms with E-state index in [0.717, 1.165) is 12.8 Å². The van der Waals surface area contributed by atoms with Crippen molar-refractivity contribution in [2.75, 3.05) is 27.9 Å². The summed E-state index contributed by atoms with van der Waals surface area (Å²) in [6, 6.07) is 5.51.